The molecule has 1 saturated heterocycles. The number of hydrogen-bond donors (Lipinski definition) is 1. The summed E-state index contributed by atoms with van der Waals surface area (Å²) < 4.78 is 0. The predicted octanol–water partition coefficient (Wildman–Crippen LogP) is 4.00. The van der Waals surface area contributed by atoms with Crippen molar-refractivity contribution in [2.24, 2.45) is 5.92 Å². The molecule has 0 atom stereocenters. The molecule has 0 radical (unpaired) electrons. The van der Waals surface area contributed by atoms with Gasteiger partial charge in [0.25, 0.3) is 0 Å². The molecule has 2 aliphatic rings. The molecule has 1 N–H and O–H groups in total. The fourth-order valence-electron chi connectivity index (χ4n) is 4.28. The lowest BCUT2D eigenvalue weighted by atomic mass is 9.87. The van der Waals surface area contributed by atoms with Crippen LogP contribution in [0.4, 0.5) is 0 Å². The molecule has 1 aromatic rings. The Bertz CT molecular complexity index is 696. The Morgan fingerprint density at radius 2 is 1.74 bits per heavy atom. The smallest absolute Gasteiger partial charge is 0.244 e. The van der Waals surface area contributed by atoms with Gasteiger partial charge in [-0.25, -0.2) is 0 Å². The van der Waals surface area contributed by atoms with Crippen LogP contribution in [0.5, 0.6) is 0 Å². The van der Waals surface area contributed by atoms with Crippen molar-refractivity contribution in [3.8, 4) is 0 Å². The van der Waals surface area contributed by atoms with Crippen LogP contribution in [0.15, 0.2) is 24.3 Å². The molecular formula is C23H32N2O2. The normalized spacial score (nSPS) is 19.4. The number of amides is 2. The van der Waals surface area contributed by atoms with Gasteiger partial charge in [0.2, 0.25) is 11.8 Å². The van der Waals surface area contributed by atoms with Crippen molar-refractivity contribution in [3.63, 3.8) is 0 Å². The highest BCUT2D eigenvalue weighted by Gasteiger charge is 2.29. The fraction of sp³-hybridized carbons (Fsp3) is 0.565. The molecular weight excluding hydrogens is 336 g/mol. The van der Waals surface area contributed by atoms with Crippen molar-refractivity contribution < 1.29 is 9.59 Å². The van der Waals surface area contributed by atoms with Crippen molar-refractivity contribution in [2.45, 2.75) is 64.8 Å². The number of carbonyl (C=O) groups excluding carboxylic acids is 2. The molecule has 1 heterocycles. The molecule has 1 aliphatic carbocycles. The molecule has 3 rings (SSSR count). The van der Waals surface area contributed by atoms with E-state index in [4.69, 9.17) is 0 Å². The lowest BCUT2D eigenvalue weighted by Crippen LogP contribution is -2.48. The van der Waals surface area contributed by atoms with E-state index >= 15 is 0 Å². The van der Waals surface area contributed by atoms with E-state index in [9.17, 15) is 9.59 Å². The standard InChI is InChI=1S/C23H32N2O2/c1-17-8-9-19(18(2)16-17)10-11-22(26)24-21-12-14-25(15-13-21)23(27)20-6-4-3-5-7-20/h8-11,16,20-21H,3-7,12-15H2,1-2H3,(H,24,26). The Balaban J connectivity index is 1.45. The van der Waals surface area contributed by atoms with Crippen LogP contribution in [0, 0.1) is 19.8 Å². The summed E-state index contributed by atoms with van der Waals surface area (Å²) >= 11 is 0. The monoisotopic (exact) mass is 368 g/mol. The zero-order chi connectivity index (χ0) is 19.2. The van der Waals surface area contributed by atoms with Gasteiger partial charge in [-0.3, -0.25) is 9.59 Å². The Morgan fingerprint density at radius 1 is 1.04 bits per heavy atom. The molecule has 0 unspecified atom stereocenters. The Labute approximate surface area is 163 Å². The summed E-state index contributed by atoms with van der Waals surface area (Å²) in [6.45, 7) is 5.66. The van der Waals surface area contributed by atoms with Crippen molar-refractivity contribution in [1.82, 2.24) is 10.2 Å². The third-order valence-corrected chi connectivity index (χ3v) is 5.95. The molecule has 1 aliphatic heterocycles. The highest BCUT2D eigenvalue weighted by molar-refractivity contribution is 5.92. The van der Waals surface area contributed by atoms with Gasteiger partial charge in [0.15, 0.2) is 0 Å². The number of piperidine rings is 1. The van der Waals surface area contributed by atoms with Crippen molar-refractivity contribution >= 4 is 17.9 Å². The number of nitrogens with zero attached hydrogens (tertiary/aromatic N) is 1. The van der Waals surface area contributed by atoms with E-state index in [2.05, 4.69) is 31.3 Å². The molecule has 146 valence electrons. The number of benzene rings is 1. The third-order valence-electron chi connectivity index (χ3n) is 5.95. The summed E-state index contributed by atoms with van der Waals surface area (Å²) in [6, 6.07) is 6.39. The number of aryl methyl sites for hydroxylation is 2. The van der Waals surface area contributed by atoms with E-state index < -0.39 is 0 Å². The first-order chi connectivity index (χ1) is 13.0. The maximum Gasteiger partial charge on any atom is 0.244 e. The zero-order valence-electron chi connectivity index (χ0n) is 16.7. The maximum absolute atomic E-state index is 12.6. The van der Waals surface area contributed by atoms with Crippen LogP contribution in [0.25, 0.3) is 6.08 Å². The van der Waals surface area contributed by atoms with Crippen LogP contribution >= 0.6 is 0 Å². The van der Waals surface area contributed by atoms with Gasteiger partial charge in [-0.15, -0.1) is 0 Å². The summed E-state index contributed by atoms with van der Waals surface area (Å²) in [4.78, 5) is 26.9. The second kappa shape index (κ2) is 9.20. The highest BCUT2D eigenvalue weighted by Crippen LogP contribution is 2.26. The molecule has 1 aromatic carbocycles. The molecule has 4 heteroatoms. The summed E-state index contributed by atoms with van der Waals surface area (Å²) in [5.41, 5.74) is 3.47. The minimum Gasteiger partial charge on any atom is -0.350 e. The molecule has 2 fully saturated rings. The summed E-state index contributed by atoms with van der Waals surface area (Å²) in [5, 5.41) is 3.10. The summed E-state index contributed by atoms with van der Waals surface area (Å²) in [6.07, 6.45) is 11.0. The van der Waals surface area contributed by atoms with Gasteiger partial charge in [0.1, 0.15) is 0 Å². The number of carbonyl (C=O) groups is 2. The molecule has 0 spiro atoms. The summed E-state index contributed by atoms with van der Waals surface area (Å²) in [7, 11) is 0. The second-order valence-corrected chi connectivity index (χ2v) is 8.14. The van der Waals surface area contributed by atoms with Crippen molar-refractivity contribution in [1.29, 1.82) is 0 Å². The molecule has 4 nitrogen and oxygen atoms in total. The number of nitrogens with one attached hydrogen (secondary N) is 1. The van der Waals surface area contributed by atoms with Crippen LogP contribution < -0.4 is 5.32 Å². The molecule has 1 saturated carbocycles. The van der Waals surface area contributed by atoms with Gasteiger partial charge in [-0.05, 0) is 56.7 Å². The number of hydrogen-bond acceptors (Lipinski definition) is 2. The SMILES string of the molecule is Cc1ccc(C=CC(=O)NC2CCN(C(=O)C3CCCCC3)CC2)c(C)c1. The second-order valence-electron chi connectivity index (χ2n) is 8.14. The van der Waals surface area contributed by atoms with Crippen LogP contribution in [-0.2, 0) is 9.59 Å². The first-order valence-electron chi connectivity index (χ1n) is 10.4. The zero-order valence-corrected chi connectivity index (χ0v) is 16.7. The van der Waals surface area contributed by atoms with E-state index in [0.29, 0.717) is 5.91 Å². The fourth-order valence-corrected chi connectivity index (χ4v) is 4.28. The highest BCUT2D eigenvalue weighted by atomic mass is 16.2. The first-order valence-corrected chi connectivity index (χ1v) is 10.4. The minimum absolute atomic E-state index is 0.0490. The van der Waals surface area contributed by atoms with E-state index in [0.717, 1.165) is 44.3 Å². The van der Waals surface area contributed by atoms with E-state index in [1.54, 1.807) is 6.08 Å². The largest absolute Gasteiger partial charge is 0.350 e. The van der Waals surface area contributed by atoms with Gasteiger partial charge in [-0.2, -0.15) is 0 Å². The average molecular weight is 369 g/mol. The lowest BCUT2D eigenvalue weighted by Gasteiger charge is -2.35. The molecule has 27 heavy (non-hydrogen) atoms. The Morgan fingerprint density at radius 3 is 2.41 bits per heavy atom. The van der Waals surface area contributed by atoms with Crippen molar-refractivity contribution in [3.05, 3.63) is 41.0 Å². The van der Waals surface area contributed by atoms with Crippen LogP contribution in [0.2, 0.25) is 0 Å². The van der Waals surface area contributed by atoms with E-state index in [1.807, 2.05) is 17.0 Å². The molecule has 0 aromatic heterocycles. The van der Waals surface area contributed by atoms with Crippen molar-refractivity contribution in [2.75, 3.05) is 13.1 Å². The van der Waals surface area contributed by atoms with Gasteiger partial charge in [0, 0.05) is 31.1 Å². The molecule has 0 bridgehead atoms. The maximum atomic E-state index is 12.6. The van der Waals surface area contributed by atoms with Crippen LogP contribution in [0.1, 0.15) is 61.6 Å². The quantitative estimate of drug-likeness (QED) is 0.817. The van der Waals surface area contributed by atoms with Gasteiger partial charge >= 0.3 is 0 Å². The lowest BCUT2D eigenvalue weighted by molar-refractivity contribution is -0.137. The number of rotatable bonds is 4. The Hall–Kier alpha value is -2.10. The number of likely N-dealkylation sites (tertiary alicyclic amines) is 1. The van der Waals surface area contributed by atoms with Gasteiger partial charge < -0.3 is 10.2 Å². The topological polar surface area (TPSA) is 49.4 Å². The van der Waals surface area contributed by atoms with E-state index in [-0.39, 0.29) is 17.9 Å². The Kier molecular flexibility index (Phi) is 6.70. The average Bonchev–Trinajstić information content (AvgIpc) is 2.68. The first kappa shape index (κ1) is 19.7. The van der Waals surface area contributed by atoms with E-state index in [1.165, 1.54) is 30.4 Å². The predicted molar refractivity (Wildman–Crippen MR) is 109 cm³/mol. The van der Waals surface area contributed by atoms with Gasteiger partial charge in [-0.1, -0.05) is 43.0 Å². The molecule has 2 amide bonds. The van der Waals surface area contributed by atoms with Crippen LogP contribution in [0.3, 0.4) is 0 Å². The summed E-state index contributed by atoms with van der Waals surface area (Å²) in [5.74, 6) is 0.534. The minimum atomic E-state index is -0.0490. The third kappa shape index (κ3) is 5.44. The van der Waals surface area contributed by atoms with Gasteiger partial charge in [0.05, 0.1) is 0 Å². The van der Waals surface area contributed by atoms with Crippen LogP contribution in [-0.4, -0.2) is 35.8 Å².